The molecule has 0 aliphatic carbocycles. The van der Waals surface area contributed by atoms with Crippen molar-refractivity contribution in [3.05, 3.63) is 53.6 Å². The minimum Gasteiger partial charge on any atom is -0.382 e. The number of aryl methyl sites for hydroxylation is 1. The van der Waals surface area contributed by atoms with Gasteiger partial charge in [0.15, 0.2) is 11.3 Å². The average molecular weight is 367 g/mol. The monoisotopic (exact) mass is 366 g/mol. The number of ether oxygens (including phenoxy) is 1. The van der Waals surface area contributed by atoms with E-state index in [1.165, 1.54) is 0 Å². The number of hydrogen-bond donors (Lipinski definition) is 0. The summed E-state index contributed by atoms with van der Waals surface area (Å²) in [6.07, 6.45) is 0.866. The second kappa shape index (κ2) is 7.40. The summed E-state index contributed by atoms with van der Waals surface area (Å²) in [6, 6.07) is 15.6. The zero-order valence-electron chi connectivity index (χ0n) is 14.5. The number of halogens is 1. The predicted molar refractivity (Wildman–Crippen MR) is 104 cm³/mol. The molecule has 2 heterocycles. The SMILES string of the molecule is CCOCCCn1c(-c2ccccc2Cl)nc2nc3ccccc3nc21. The van der Waals surface area contributed by atoms with Crippen LogP contribution in [-0.2, 0) is 11.3 Å². The highest BCUT2D eigenvalue weighted by Gasteiger charge is 2.17. The van der Waals surface area contributed by atoms with Gasteiger partial charge in [-0.05, 0) is 37.6 Å². The van der Waals surface area contributed by atoms with Crippen molar-refractivity contribution in [2.75, 3.05) is 13.2 Å². The second-order valence-corrected chi connectivity index (χ2v) is 6.38. The Bertz CT molecular complexity index is 1060. The lowest BCUT2D eigenvalue weighted by molar-refractivity contribution is 0.142. The lowest BCUT2D eigenvalue weighted by atomic mass is 10.2. The molecule has 2 aromatic carbocycles. The molecule has 0 amide bonds. The molecule has 0 bridgehead atoms. The minimum absolute atomic E-state index is 0.634. The van der Waals surface area contributed by atoms with Gasteiger partial charge >= 0.3 is 0 Å². The predicted octanol–water partition coefficient (Wildman–Crippen LogP) is 4.73. The second-order valence-electron chi connectivity index (χ2n) is 5.98. The Kier molecular flexibility index (Phi) is 4.82. The van der Waals surface area contributed by atoms with Crippen LogP contribution >= 0.6 is 11.6 Å². The van der Waals surface area contributed by atoms with E-state index in [0.717, 1.165) is 41.0 Å². The summed E-state index contributed by atoms with van der Waals surface area (Å²) in [5.74, 6) is 0.789. The Morgan fingerprint density at radius 2 is 1.69 bits per heavy atom. The number of aromatic nitrogens is 4. The van der Waals surface area contributed by atoms with Gasteiger partial charge in [-0.2, -0.15) is 0 Å². The maximum absolute atomic E-state index is 6.43. The fraction of sp³-hybridized carbons (Fsp3) is 0.250. The van der Waals surface area contributed by atoms with E-state index in [0.29, 0.717) is 23.9 Å². The van der Waals surface area contributed by atoms with Crippen molar-refractivity contribution in [3.8, 4) is 11.4 Å². The van der Waals surface area contributed by atoms with Crippen molar-refractivity contribution in [2.45, 2.75) is 19.9 Å². The topological polar surface area (TPSA) is 52.8 Å². The van der Waals surface area contributed by atoms with Crippen LogP contribution in [0.15, 0.2) is 48.5 Å². The van der Waals surface area contributed by atoms with Crippen LogP contribution in [0.25, 0.3) is 33.7 Å². The lowest BCUT2D eigenvalue weighted by Gasteiger charge is -2.10. The van der Waals surface area contributed by atoms with Gasteiger partial charge in [0.1, 0.15) is 5.82 Å². The molecule has 2 aromatic heterocycles. The fourth-order valence-corrected chi connectivity index (χ4v) is 3.25. The van der Waals surface area contributed by atoms with Crippen LogP contribution in [0, 0.1) is 0 Å². The number of benzene rings is 2. The molecule has 0 N–H and O–H groups in total. The Balaban J connectivity index is 1.88. The molecule has 26 heavy (non-hydrogen) atoms. The van der Waals surface area contributed by atoms with Crippen LogP contribution in [0.4, 0.5) is 0 Å². The maximum atomic E-state index is 6.43. The Morgan fingerprint density at radius 1 is 0.962 bits per heavy atom. The van der Waals surface area contributed by atoms with E-state index in [2.05, 4.69) is 9.55 Å². The zero-order valence-corrected chi connectivity index (χ0v) is 15.3. The Labute approximate surface area is 156 Å². The third-order valence-electron chi connectivity index (χ3n) is 4.25. The van der Waals surface area contributed by atoms with E-state index < -0.39 is 0 Å². The molecule has 0 aliphatic rings. The normalized spacial score (nSPS) is 11.5. The molecular weight excluding hydrogens is 348 g/mol. The van der Waals surface area contributed by atoms with Gasteiger partial charge in [-0.25, -0.2) is 15.0 Å². The van der Waals surface area contributed by atoms with Gasteiger partial charge in [0.2, 0.25) is 0 Å². The smallest absolute Gasteiger partial charge is 0.198 e. The van der Waals surface area contributed by atoms with Gasteiger partial charge < -0.3 is 9.30 Å². The third-order valence-corrected chi connectivity index (χ3v) is 4.58. The summed E-state index contributed by atoms with van der Waals surface area (Å²) >= 11 is 6.43. The molecule has 0 radical (unpaired) electrons. The molecule has 0 fully saturated rings. The van der Waals surface area contributed by atoms with Crippen LogP contribution in [0.5, 0.6) is 0 Å². The zero-order chi connectivity index (χ0) is 17.9. The molecular formula is C20H19ClN4O. The van der Waals surface area contributed by atoms with Crippen molar-refractivity contribution < 1.29 is 4.74 Å². The molecule has 6 heteroatoms. The number of fused-ring (bicyclic) bond motifs is 2. The van der Waals surface area contributed by atoms with Crippen molar-refractivity contribution in [1.29, 1.82) is 0 Å². The van der Waals surface area contributed by atoms with Crippen LogP contribution in [-0.4, -0.2) is 32.7 Å². The minimum atomic E-state index is 0.634. The van der Waals surface area contributed by atoms with Gasteiger partial charge in [0, 0.05) is 25.3 Å². The number of rotatable bonds is 6. The average Bonchev–Trinajstić information content (AvgIpc) is 3.01. The summed E-state index contributed by atoms with van der Waals surface area (Å²) in [5, 5.41) is 0.665. The van der Waals surface area contributed by atoms with Crippen molar-refractivity contribution in [3.63, 3.8) is 0 Å². The first-order chi connectivity index (χ1) is 12.8. The standard InChI is InChI=1S/C20H19ClN4O/c1-2-26-13-7-12-25-19(14-8-3-4-9-15(14)21)24-18-20(25)23-17-11-6-5-10-16(17)22-18/h3-6,8-11H,2,7,12-13H2,1H3. The first-order valence-corrected chi connectivity index (χ1v) is 9.11. The largest absolute Gasteiger partial charge is 0.382 e. The summed E-state index contributed by atoms with van der Waals surface area (Å²) in [5.41, 5.74) is 3.99. The van der Waals surface area contributed by atoms with Crippen LogP contribution in [0.1, 0.15) is 13.3 Å². The molecule has 0 saturated heterocycles. The molecule has 4 aromatic rings. The van der Waals surface area contributed by atoms with Crippen LogP contribution in [0.2, 0.25) is 5.02 Å². The Morgan fingerprint density at radius 3 is 2.46 bits per heavy atom. The highest BCUT2D eigenvalue weighted by molar-refractivity contribution is 6.33. The van der Waals surface area contributed by atoms with Crippen LogP contribution in [0.3, 0.4) is 0 Å². The van der Waals surface area contributed by atoms with Crippen LogP contribution < -0.4 is 0 Å². The van der Waals surface area contributed by atoms with Crippen molar-refractivity contribution >= 4 is 33.9 Å². The fourth-order valence-electron chi connectivity index (χ4n) is 3.03. The van der Waals surface area contributed by atoms with Gasteiger partial charge in [0.25, 0.3) is 0 Å². The van der Waals surface area contributed by atoms with E-state index in [1.54, 1.807) is 0 Å². The third kappa shape index (κ3) is 3.16. The first-order valence-electron chi connectivity index (χ1n) is 8.73. The van der Waals surface area contributed by atoms with E-state index in [-0.39, 0.29) is 0 Å². The molecule has 132 valence electrons. The Hall–Kier alpha value is -2.50. The maximum Gasteiger partial charge on any atom is 0.198 e. The number of para-hydroxylation sites is 2. The van der Waals surface area contributed by atoms with E-state index in [4.69, 9.17) is 26.3 Å². The number of imidazole rings is 1. The molecule has 0 atom stereocenters. The summed E-state index contributed by atoms with van der Waals surface area (Å²) in [4.78, 5) is 14.3. The van der Waals surface area contributed by atoms with Gasteiger partial charge in [-0.3, -0.25) is 0 Å². The molecule has 0 aliphatic heterocycles. The number of hydrogen-bond acceptors (Lipinski definition) is 4. The highest BCUT2D eigenvalue weighted by atomic mass is 35.5. The van der Waals surface area contributed by atoms with E-state index in [1.807, 2.05) is 55.5 Å². The molecule has 0 unspecified atom stereocenters. The quantitative estimate of drug-likeness (QED) is 0.463. The van der Waals surface area contributed by atoms with Gasteiger partial charge in [-0.15, -0.1) is 0 Å². The number of nitrogens with zero attached hydrogens (tertiary/aromatic N) is 4. The van der Waals surface area contributed by atoms with Gasteiger partial charge in [0.05, 0.1) is 16.1 Å². The summed E-state index contributed by atoms with van der Waals surface area (Å²) in [7, 11) is 0. The highest BCUT2D eigenvalue weighted by Crippen LogP contribution is 2.30. The lowest BCUT2D eigenvalue weighted by Crippen LogP contribution is -2.05. The molecule has 0 saturated carbocycles. The summed E-state index contributed by atoms with van der Waals surface area (Å²) in [6.45, 7) is 4.15. The molecule has 0 spiro atoms. The van der Waals surface area contributed by atoms with Crippen molar-refractivity contribution in [1.82, 2.24) is 19.5 Å². The van der Waals surface area contributed by atoms with Gasteiger partial charge in [-0.1, -0.05) is 35.9 Å². The first kappa shape index (κ1) is 16.9. The summed E-state index contributed by atoms with van der Waals surface area (Å²) < 4.78 is 7.58. The molecule has 5 nitrogen and oxygen atoms in total. The molecule has 4 rings (SSSR count). The van der Waals surface area contributed by atoms with E-state index >= 15 is 0 Å². The van der Waals surface area contributed by atoms with E-state index in [9.17, 15) is 0 Å². The van der Waals surface area contributed by atoms with Crippen molar-refractivity contribution in [2.24, 2.45) is 0 Å².